The summed E-state index contributed by atoms with van der Waals surface area (Å²) in [7, 11) is 9.85. The van der Waals surface area contributed by atoms with Crippen molar-refractivity contribution >= 4 is 38.8 Å². The molecule has 0 amide bonds. The molecule has 1 N–H and O–H groups in total. The van der Waals surface area contributed by atoms with Gasteiger partial charge in [0.1, 0.15) is 7.29 Å². The van der Waals surface area contributed by atoms with Crippen LogP contribution in [0.15, 0.2) is 0 Å². The predicted molar refractivity (Wildman–Crippen MR) is 47.8 cm³/mol. The van der Waals surface area contributed by atoms with Crippen LogP contribution in [0.1, 0.15) is 0 Å². The molecule has 0 atom stereocenters. The lowest BCUT2D eigenvalue weighted by Gasteiger charge is -1.99. The molecule has 0 aliphatic rings. The van der Waals surface area contributed by atoms with Crippen molar-refractivity contribution in [3.8, 4) is 0 Å². The van der Waals surface area contributed by atoms with Crippen molar-refractivity contribution in [1.82, 2.24) is 5.09 Å². The number of halogens is 2. The standard InChI is InChI=1S/C3H10NOP.Cl2S/c1-4-6(2,3)5;1-3-2/h1-3H3,(H,4,5);. The van der Waals surface area contributed by atoms with Crippen molar-refractivity contribution in [2.24, 2.45) is 0 Å². The summed E-state index contributed by atoms with van der Waals surface area (Å²) in [6.07, 6.45) is 0. The Hall–Kier alpha value is 1.12. The third-order valence-corrected chi connectivity index (χ3v) is 1.62. The molecule has 0 aliphatic carbocycles. The fourth-order valence-electron chi connectivity index (χ4n) is 0. The summed E-state index contributed by atoms with van der Waals surface area (Å²) >= 11 is 0. The third-order valence-electron chi connectivity index (χ3n) is 0.539. The van der Waals surface area contributed by atoms with Gasteiger partial charge in [-0.1, -0.05) is 0 Å². The monoisotopic (exact) mass is 209 g/mol. The summed E-state index contributed by atoms with van der Waals surface area (Å²) < 4.78 is 10.5. The lowest BCUT2D eigenvalue weighted by molar-refractivity contribution is 0.577. The van der Waals surface area contributed by atoms with Gasteiger partial charge in [0.15, 0.2) is 0 Å². The molecule has 0 rings (SSSR count). The van der Waals surface area contributed by atoms with Crippen LogP contribution in [0.25, 0.3) is 0 Å². The van der Waals surface area contributed by atoms with Gasteiger partial charge in [-0.3, -0.25) is 5.09 Å². The van der Waals surface area contributed by atoms with Gasteiger partial charge in [0.05, 0.1) is 10.2 Å². The number of hydrogen-bond acceptors (Lipinski definition) is 2. The molecule has 0 spiro atoms. The maximum atomic E-state index is 10.5. The van der Waals surface area contributed by atoms with Crippen LogP contribution in [-0.2, 0) is 4.57 Å². The fourth-order valence-corrected chi connectivity index (χ4v) is 0. The van der Waals surface area contributed by atoms with Gasteiger partial charge in [-0.15, -0.1) is 0 Å². The molecular weight excluding hydrogens is 200 g/mol. The van der Waals surface area contributed by atoms with Crippen molar-refractivity contribution in [1.29, 1.82) is 0 Å². The van der Waals surface area contributed by atoms with Crippen LogP contribution in [-0.4, -0.2) is 20.4 Å². The zero-order valence-electron chi connectivity index (χ0n) is 5.52. The summed E-state index contributed by atoms with van der Waals surface area (Å²) in [5.74, 6) is 0. The normalized spacial score (nSPS) is 9.89. The number of hydrogen-bond donors (Lipinski definition) is 1. The Morgan fingerprint density at radius 2 is 1.56 bits per heavy atom. The van der Waals surface area contributed by atoms with Crippen molar-refractivity contribution in [3.05, 3.63) is 0 Å². The average Bonchev–Trinajstić information content (AvgIpc) is 1.67. The zero-order chi connectivity index (χ0) is 7.91. The van der Waals surface area contributed by atoms with E-state index in [9.17, 15) is 4.57 Å². The highest BCUT2D eigenvalue weighted by Crippen LogP contribution is 2.27. The van der Waals surface area contributed by atoms with Crippen molar-refractivity contribution in [2.45, 2.75) is 0 Å². The third kappa shape index (κ3) is 27.2. The first-order valence-electron chi connectivity index (χ1n) is 2.11. The van der Waals surface area contributed by atoms with E-state index < -0.39 is 7.29 Å². The smallest absolute Gasteiger partial charge is 0.141 e. The van der Waals surface area contributed by atoms with Gasteiger partial charge in [0, 0.05) is 13.3 Å². The van der Waals surface area contributed by atoms with E-state index >= 15 is 0 Å². The van der Waals surface area contributed by atoms with E-state index in [2.05, 4.69) is 26.5 Å². The van der Waals surface area contributed by atoms with Gasteiger partial charge >= 0.3 is 0 Å². The summed E-state index contributed by atoms with van der Waals surface area (Å²) in [5.41, 5.74) is 0. The van der Waals surface area contributed by atoms with Crippen LogP contribution in [0.3, 0.4) is 0 Å². The molecule has 0 bridgehead atoms. The first-order chi connectivity index (χ1) is 3.97. The molecule has 0 aromatic carbocycles. The van der Waals surface area contributed by atoms with Gasteiger partial charge in [-0.2, -0.15) is 0 Å². The minimum Gasteiger partial charge on any atom is -0.307 e. The van der Waals surface area contributed by atoms with E-state index in [0.717, 1.165) is 0 Å². The van der Waals surface area contributed by atoms with Gasteiger partial charge in [-0.05, 0) is 28.4 Å². The van der Waals surface area contributed by atoms with E-state index in [4.69, 9.17) is 0 Å². The van der Waals surface area contributed by atoms with Crippen LogP contribution in [0, 0.1) is 0 Å². The molecule has 9 heavy (non-hydrogen) atoms. The van der Waals surface area contributed by atoms with Crippen molar-refractivity contribution < 1.29 is 4.57 Å². The quantitative estimate of drug-likeness (QED) is 0.674. The highest BCUT2D eigenvalue weighted by molar-refractivity contribution is 8.38. The second-order valence-electron chi connectivity index (χ2n) is 1.63. The Morgan fingerprint density at radius 3 is 1.56 bits per heavy atom. The van der Waals surface area contributed by atoms with Crippen LogP contribution >= 0.6 is 38.8 Å². The minimum atomic E-state index is -1.90. The molecule has 0 fully saturated rings. The summed E-state index contributed by atoms with van der Waals surface area (Å²) in [5, 5.41) is 2.66. The Morgan fingerprint density at radius 1 is 1.44 bits per heavy atom. The average molecular weight is 210 g/mol. The SMILES string of the molecule is CNP(C)(C)=O.ClSCl. The van der Waals surface area contributed by atoms with Gasteiger partial charge in [0.25, 0.3) is 0 Å². The summed E-state index contributed by atoms with van der Waals surface area (Å²) in [4.78, 5) is 0. The Labute approximate surface area is 69.1 Å². The predicted octanol–water partition coefficient (Wildman–Crippen LogP) is 2.77. The van der Waals surface area contributed by atoms with Crippen LogP contribution in [0.2, 0.25) is 0 Å². The highest BCUT2D eigenvalue weighted by Gasteiger charge is 1.96. The van der Waals surface area contributed by atoms with Crippen molar-refractivity contribution in [2.75, 3.05) is 20.4 Å². The van der Waals surface area contributed by atoms with E-state index in [1.54, 1.807) is 20.4 Å². The molecule has 0 aromatic heterocycles. The maximum absolute atomic E-state index is 10.5. The molecule has 0 aliphatic heterocycles. The molecule has 0 aromatic rings. The minimum absolute atomic E-state index is 0.694. The van der Waals surface area contributed by atoms with Gasteiger partial charge in [-0.25, -0.2) is 0 Å². The molecule has 2 nitrogen and oxygen atoms in total. The zero-order valence-corrected chi connectivity index (χ0v) is 8.74. The number of rotatable bonds is 1. The van der Waals surface area contributed by atoms with E-state index in [-0.39, 0.29) is 0 Å². The molecule has 0 radical (unpaired) electrons. The largest absolute Gasteiger partial charge is 0.307 e. The summed E-state index contributed by atoms with van der Waals surface area (Å²) in [6.45, 7) is 3.38. The maximum Gasteiger partial charge on any atom is 0.141 e. The topological polar surface area (TPSA) is 29.1 Å². The van der Waals surface area contributed by atoms with E-state index in [1.807, 2.05) is 0 Å². The summed E-state index contributed by atoms with van der Waals surface area (Å²) in [6, 6.07) is 0. The molecule has 0 heterocycles. The van der Waals surface area contributed by atoms with Crippen LogP contribution in [0.4, 0.5) is 0 Å². The fraction of sp³-hybridized carbons (Fsp3) is 1.00. The van der Waals surface area contributed by atoms with Gasteiger partial charge < -0.3 is 4.57 Å². The highest BCUT2D eigenvalue weighted by atomic mass is 36.0. The van der Waals surface area contributed by atoms with Crippen molar-refractivity contribution in [3.63, 3.8) is 0 Å². The Bertz CT molecular complexity index is 95.8. The first kappa shape index (κ1) is 12.8. The number of nitrogens with one attached hydrogen (secondary N) is 1. The molecule has 0 saturated carbocycles. The molecule has 6 heteroatoms. The van der Waals surface area contributed by atoms with Crippen LogP contribution < -0.4 is 5.09 Å². The lowest BCUT2D eigenvalue weighted by Crippen LogP contribution is -1.97. The molecule has 0 unspecified atom stereocenters. The molecular formula is C3H10Cl2NOPS. The lowest BCUT2D eigenvalue weighted by atomic mass is 11.6. The van der Waals surface area contributed by atoms with E-state index in [1.165, 1.54) is 0 Å². The second-order valence-corrected chi connectivity index (χ2v) is 6.30. The molecule has 0 saturated heterocycles. The molecule has 58 valence electrons. The Kier molecular flexibility index (Phi) is 10.3. The first-order valence-corrected chi connectivity index (χ1v) is 7.18. The van der Waals surface area contributed by atoms with Crippen LogP contribution in [0.5, 0.6) is 0 Å². The van der Waals surface area contributed by atoms with Gasteiger partial charge in [0.2, 0.25) is 0 Å². The van der Waals surface area contributed by atoms with E-state index in [0.29, 0.717) is 10.2 Å². The second kappa shape index (κ2) is 7.23. The Balaban J connectivity index is 0.